The fraction of sp³-hybridized carbons (Fsp3) is 0.278. The molecule has 27 heavy (non-hydrogen) atoms. The highest BCUT2D eigenvalue weighted by Crippen LogP contribution is 2.37. The van der Waals surface area contributed by atoms with E-state index in [1.807, 2.05) is 11.9 Å². The molecule has 1 amide bonds. The van der Waals surface area contributed by atoms with Gasteiger partial charge in [0.05, 0.1) is 15.6 Å². The summed E-state index contributed by atoms with van der Waals surface area (Å²) in [5.41, 5.74) is 1.22. The lowest BCUT2D eigenvalue weighted by Gasteiger charge is -2.33. The summed E-state index contributed by atoms with van der Waals surface area (Å²) in [6.07, 6.45) is 0. The zero-order valence-corrected chi connectivity index (χ0v) is 17.0. The molecule has 1 N–H and O–H groups in total. The summed E-state index contributed by atoms with van der Waals surface area (Å²) in [5.74, 6) is -0.331. The van der Waals surface area contributed by atoms with Crippen molar-refractivity contribution in [3.05, 3.63) is 61.6 Å². The van der Waals surface area contributed by atoms with Crippen LogP contribution in [0.5, 0.6) is 0 Å². The second-order valence-electron chi connectivity index (χ2n) is 6.33. The maximum absolute atomic E-state index is 12.5. The average molecular weight is 454 g/mol. The Hall–Kier alpha value is -2.16. The smallest absolute Gasteiger partial charge is 0.294 e. The number of carbonyl (C=O) groups is 1. The first-order valence-electron chi connectivity index (χ1n) is 8.33. The Morgan fingerprint density at radius 2 is 1.81 bits per heavy atom. The Bertz CT molecular complexity index is 868. The SMILES string of the molecule is CN1CCN(c2cc(NC(=O)c3ccc(Br)cc3)c(Cl)cc2[N+](=O)[O-])CC1. The predicted octanol–water partition coefficient (Wildman–Crippen LogP) is 4.01. The number of likely N-dealkylation sites (N-methyl/N-ethyl adjacent to an activating group) is 1. The van der Waals surface area contributed by atoms with E-state index in [0.29, 0.717) is 30.0 Å². The molecule has 2 aromatic rings. The molecule has 0 spiro atoms. The van der Waals surface area contributed by atoms with Crippen LogP contribution in [0.2, 0.25) is 5.02 Å². The molecular formula is C18H18BrClN4O3. The van der Waals surface area contributed by atoms with Crippen molar-refractivity contribution < 1.29 is 9.72 Å². The minimum Gasteiger partial charge on any atom is -0.363 e. The molecule has 0 bridgehead atoms. The molecule has 0 unspecified atom stereocenters. The molecule has 142 valence electrons. The number of hydrogen-bond donors (Lipinski definition) is 1. The lowest BCUT2D eigenvalue weighted by molar-refractivity contribution is -0.384. The Morgan fingerprint density at radius 1 is 1.19 bits per heavy atom. The van der Waals surface area contributed by atoms with E-state index in [1.165, 1.54) is 6.07 Å². The molecular weight excluding hydrogens is 436 g/mol. The Balaban J connectivity index is 1.91. The molecule has 2 aromatic carbocycles. The van der Waals surface area contributed by atoms with E-state index in [9.17, 15) is 14.9 Å². The molecule has 3 rings (SSSR count). The first-order chi connectivity index (χ1) is 12.8. The lowest BCUT2D eigenvalue weighted by atomic mass is 10.1. The molecule has 1 heterocycles. The van der Waals surface area contributed by atoms with Crippen LogP contribution >= 0.6 is 27.5 Å². The summed E-state index contributed by atoms with van der Waals surface area (Å²) in [6.45, 7) is 2.94. The molecule has 1 fully saturated rings. The number of halogens is 2. The summed E-state index contributed by atoms with van der Waals surface area (Å²) in [7, 11) is 2.01. The number of rotatable bonds is 4. The van der Waals surface area contributed by atoms with Gasteiger partial charge in [-0.2, -0.15) is 0 Å². The van der Waals surface area contributed by atoms with Gasteiger partial charge in [0.25, 0.3) is 11.6 Å². The largest absolute Gasteiger partial charge is 0.363 e. The van der Waals surface area contributed by atoms with Crippen molar-refractivity contribution >= 4 is 50.5 Å². The number of nitro benzene ring substituents is 1. The molecule has 1 aliphatic heterocycles. The standard InChI is InChI=1S/C18H18BrClN4O3/c1-22-6-8-23(9-7-22)16-11-15(14(20)10-17(16)24(26)27)21-18(25)12-2-4-13(19)5-3-12/h2-5,10-11H,6-9H2,1H3,(H,21,25). The second kappa shape index (κ2) is 8.24. The van der Waals surface area contributed by atoms with Crippen molar-refractivity contribution in [3.63, 3.8) is 0 Å². The van der Waals surface area contributed by atoms with Crippen molar-refractivity contribution in [2.75, 3.05) is 43.4 Å². The Morgan fingerprint density at radius 3 is 2.41 bits per heavy atom. The van der Waals surface area contributed by atoms with Crippen molar-refractivity contribution in [3.8, 4) is 0 Å². The molecule has 9 heteroatoms. The van der Waals surface area contributed by atoms with Gasteiger partial charge in [-0.1, -0.05) is 27.5 Å². The van der Waals surface area contributed by atoms with Crippen LogP contribution in [-0.2, 0) is 0 Å². The number of carbonyl (C=O) groups excluding carboxylic acids is 1. The van der Waals surface area contributed by atoms with Crippen LogP contribution in [0.4, 0.5) is 17.1 Å². The average Bonchev–Trinajstić information content (AvgIpc) is 2.64. The normalized spacial score (nSPS) is 14.9. The van der Waals surface area contributed by atoms with Gasteiger partial charge in [-0.15, -0.1) is 0 Å². The van der Waals surface area contributed by atoms with Crippen molar-refractivity contribution in [1.82, 2.24) is 4.90 Å². The van der Waals surface area contributed by atoms with E-state index < -0.39 is 4.92 Å². The molecule has 0 aromatic heterocycles. The third kappa shape index (κ3) is 4.58. The number of nitrogens with zero attached hydrogens (tertiary/aromatic N) is 3. The van der Waals surface area contributed by atoms with Crippen LogP contribution in [0.25, 0.3) is 0 Å². The zero-order valence-electron chi connectivity index (χ0n) is 14.6. The van der Waals surface area contributed by atoms with Gasteiger partial charge < -0.3 is 15.1 Å². The van der Waals surface area contributed by atoms with E-state index in [0.717, 1.165) is 17.6 Å². The minimum absolute atomic E-state index is 0.0637. The van der Waals surface area contributed by atoms with Gasteiger partial charge in [0, 0.05) is 42.3 Å². The van der Waals surface area contributed by atoms with Crippen LogP contribution in [0.15, 0.2) is 40.9 Å². The summed E-state index contributed by atoms with van der Waals surface area (Å²) in [5, 5.41) is 14.4. The van der Waals surface area contributed by atoms with E-state index in [4.69, 9.17) is 11.6 Å². The number of benzene rings is 2. The van der Waals surface area contributed by atoms with E-state index in [-0.39, 0.29) is 16.6 Å². The highest BCUT2D eigenvalue weighted by Gasteiger charge is 2.25. The highest BCUT2D eigenvalue weighted by molar-refractivity contribution is 9.10. The Labute approximate surface area is 170 Å². The third-order valence-corrected chi connectivity index (χ3v) is 5.30. The predicted molar refractivity (Wildman–Crippen MR) is 110 cm³/mol. The van der Waals surface area contributed by atoms with Gasteiger partial charge in [-0.05, 0) is 37.4 Å². The van der Waals surface area contributed by atoms with Crippen LogP contribution in [0.1, 0.15) is 10.4 Å². The molecule has 0 radical (unpaired) electrons. The third-order valence-electron chi connectivity index (χ3n) is 4.46. The molecule has 7 nitrogen and oxygen atoms in total. The van der Waals surface area contributed by atoms with Crippen molar-refractivity contribution in [1.29, 1.82) is 0 Å². The van der Waals surface area contributed by atoms with Crippen LogP contribution < -0.4 is 10.2 Å². The Kier molecular flexibility index (Phi) is 5.98. The fourth-order valence-electron chi connectivity index (χ4n) is 2.89. The number of nitrogens with one attached hydrogen (secondary N) is 1. The lowest BCUT2D eigenvalue weighted by Crippen LogP contribution is -2.44. The number of anilines is 2. The topological polar surface area (TPSA) is 78.7 Å². The van der Waals surface area contributed by atoms with E-state index >= 15 is 0 Å². The van der Waals surface area contributed by atoms with Gasteiger partial charge in [0.1, 0.15) is 5.69 Å². The highest BCUT2D eigenvalue weighted by atomic mass is 79.9. The van der Waals surface area contributed by atoms with Crippen LogP contribution in [0.3, 0.4) is 0 Å². The quantitative estimate of drug-likeness (QED) is 0.559. The van der Waals surface area contributed by atoms with Crippen LogP contribution in [0, 0.1) is 10.1 Å². The molecule has 1 aliphatic rings. The molecule has 0 saturated carbocycles. The fourth-order valence-corrected chi connectivity index (χ4v) is 3.36. The van der Waals surface area contributed by atoms with Crippen molar-refractivity contribution in [2.24, 2.45) is 0 Å². The van der Waals surface area contributed by atoms with Crippen molar-refractivity contribution in [2.45, 2.75) is 0 Å². The second-order valence-corrected chi connectivity index (χ2v) is 7.65. The number of nitro groups is 1. The molecule has 0 atom stereocenters. The first-order valence-corrected chi connectivity index (χ1v) is 9.50. The first kappa shape index (κ1) is 19.6. The summed E-state index contributed by atoms with van der Waals surface area (Å²) < 4.78 is 0.866. The number of piperazine rings is 1. The molecule has 0 aliphatic carbocycles. The van der Waals surface area contributed by atoms with Gasteiger partial charge in [-0.25, -0.2) is 0 Å². The van der Waals surface area contributed by atoms with E-state index in [2.05, 4.69) is 26.1 Å². The number of amides is 1. The van der Waals surface area contributed by atoms with Gasteiger partial charge in [0.2, 0.25) is 0 Å². The van der Waals surface area contributed by atoms with Crippen LogP contribution in [-0.4, -0.2) is 49.0 Å². The zero-order chi connectivity index (χ0) is 19.6. The summed E-state index contributed by atoms with van der Waals surface area (Å²) in [6, 6.07) is 9.78. The summed E-state index contributed by atoms with van der Waals surface area (Å²) in [4.78, 5) is 27.6. The number of hydrogen-bond acceptors (Lipinski definition) is 5. The van der Waals surface area contributed by atoms with Gasteiger partial charge >= 0.3 is 0 Å². The maximum atomic E-state index is 12.5. The maximum Gasteiger partial charge on any atom is 0.294 e. The van der Waals surface area contributed by atoms with Gasteiger partial charge in [0.15, 0.2) is 0 Å². The van der Waals surface area contributed by atoms with Gasteiger partial charge in [-0.3, -0.25) is 14.9 Å². The minimum atomic E-state index is -0.445. The molecule has 1 saturated heterocycles. The van der Waals surface area contributed by atoms with E-state index in [1.54, 1.807) is 30.3 Å². The monoisotopic (exact) mass is 452 g/mol. The summed E-state index contributed by atoms with van der Waals surface area (Å²) >= 11 is 9.54.